The van der Waals surface area contributed by atoms with Gasteiger partial charge in [-0.1, -0.05) is 42.8 Å². The number of hydrogen-bond donors (Lipinski definition) is 2. The fraction of sp³-hybridized carbons (Fsp3) is 0.360. The molecule has 1 fully saturated rings. The number of nitrogens with one attached hydrogen (secondary N) is 2. The number of piperidine rings is 1. The summed E-state index contributed by atoms with van der Waals surface area (Å²) in [6, 6.07) is 18.5. The molecule has 0 spiro atoms. The van der Waals surface area contributed by atoms with E-state index in [0.29, 0.717) is 5.56 Å². The van der Waals surface area contributed by atoms with Crippen LogP contribution in [-0.4, -0.2) is 40.1 Å². The molecule has 2 N–H and O–H groups in total. The number of H-pyrrole nitrogens is 1. The number of carbonyl (C=O) groups excluding carboxylic acids is 1. The molecule has 4 rings (SSSR count). The molecule has 0 aliphatic carbocycles. The van der Waals surface area contributed by atoms with Crippen LogP contribution in [0.5, 0.6) is 0 Å². The topological polar surface area (TPSA) is 61.0 Å². The third-order valence-electron chi connectivity index (χ3n) is 5.54. The summed E-state index contributed by atoms with van der Waals surface area (Å²) in [7, 11) is 0. The first-order chi connectivity index (χ1) is 14.6. The van der Waals surface area contributed by atoms with Gasteiger partial charge in [0.05, 0.1) is 11.4 Å². The van der Waals surface area contributed by atoms with Gasteiger partial charge < -0.3 is 5.32 Å². The van der Waals surface area contributed by atoms with Gasteiger partial charge in [-0.15, -0.1) is 0 Å². The second-order valence-corrected chi connectivity index (χ2v) is 8.41. The molecule has 0 bridgehead atoms. The van der Waals surface area contributed by atoms with E-state index in [4.69, 9.17) is 0 Å². The van der Waals surface area contributed by atoms with Gasteiger partial charge in [0.2, 0.25) is 0 Å². The standard InChI is InChI=1S/C25H30N4O/c1-18(2)26-25(30)22-8-6-7-21(15-22)24-16-23(27-28-24)20-11-9-19(10-12-20)17-29-13-4-3-5-14-29/h6-12,15-16,18H,3-5,13-14,17H2,1-2H3,(H,26,30)(H,27,28). The molecule has 0 radical (unpaired) electrons. The molecule has 1 aliphatic rings. The number of aromatic nitrogens is 2. The van der Waals surface area contributed by atoms with Crippen molar-refractivity contribution in [1.29, 1.82) is 0 Å². The molecule has 156 valence electrons. The molecule has 1 amide bonds. The first-order valence-electron chi connectivity index (χ1n) is 10.9. The highest BCUT2D eigenvalue weighted by Gasteiger charge is 2.12. The SMILES string of the molecule is CC(C)NC(=O)c1cccc(-c2cc(-c3ccc(CN4CCCCC4)cc3)[nH]n2)c1. The average molecular weight is 403 g/mol. The lowest BCUT2D eigenvalue weighted by atomic mass is 10.0. The molecule has 3 aromatic rings. The quantitative estimate of drug-likeness (QED) is 0.618. The highest BCUT2D eigenvalue weighted by Crippen LogP contribution is 2.25. The number of likely N-dealkylation sites (tertiary alicyclic amines) is 1. The van der Waals surface area contributed by atoms with Crippen LogP contribution in [0.25, 0.3) is 22.5 Å². The molecular weight excluding hydrogens is 372 g/mol. The van der Waals surface area contributed by atoms with Gasteiger partial charge in [-0.25, -0.2) is 0 Å². The number of amides is 1. The van der Waals surface area contributed by atoms with E-state index in [1.54, 1.807) is 0 Å². The number of benzene rings is 2. The highest BCUT2D eigenvalue weighted by molar-refractivity contribution is 5.95. The lowest BCUT2D eigenvalue weighted by Gasteiger charge is -2.26. The monoisotopic (exact) mass is 402 g/mol. The molecule has 1 aliphatic heterocycles. The van der Waals surface area contributed by atoms with Crippen molar-refractivity contribution in [2.45, 2.75) is 45.7 Å². The van der Waals surface area contributed by atoms with Crippen molar-refractivity contribution >= 4 is 5.91 Å². The van der Waals surface area contributed by atoms with Crippen molar-refractivity contribution in [2.75, 3.05) is 13.1 Å². The second-order valence-electron chi connectivity index (χ2n) is 8.41. The molecule has 2 aromatic carbocycles. The van der Waals surface area contributed by atoms with E-state index >= 15 is 0 Å². The van der Waals surface area contributed by atoms with Gasteiger partial charge in [0.15, 0.2) is 0 Å². The van der Waals surface area contributed by atoms with E-state index in [1.165, 1.54) is 37.9 Å². The Bertz CT molecular complexity index is 984. The molecule has 2 heterocycles. The number of nitrogens with zero attached hydrogens (tertiary/aromatic N) is 2. The summed E-state index contributed by atoms with van der Waals surface area (Å²) in [4.78, 5) is 14.8. The second kappa shape index (κ2) is 9.26. The molecule has 30 heavy (non-hydrogen) atoms. The van der Waals surface area contributed by atoms with Crippen LogP contribution in [0.3, 0.4) is 0 Å². The van der Waals surface area contributed by atoms with Crippen molar-refractivity contribution in [2.24, 2.45) is 0 Å². The highest BCUT2D eigenvalue weighted by atomic mass is 16.1. The summed E-state index contributed by atoms with van der Waals surface area (Å²) in [5.41, 5.74) is 5.85. The van der Waals surface area contributed by atoms with Gasteiger partial charge in [0.1, 0.15) is 0 Å². The normalized spacial score (nSPS) is 14.8. The Morgan fingerprint density at radius 3 is 2.53 bits per heavy atom. The minimum atomic E-state index is -0.0631. The number of aromatic amines is 1. The van der Waals surface area contributed by atoms with Gasteiger partial charge in [-0.05, 0) is 69.1 Å². The van der Waals surface area contributed by atoms with Crippen LogP contribution in [0.2, 0.25) is 0 Å². The molecule has 5 heteroatoms. The zero-order chi connectivity index (χ0) is 20.9. The van der Waals surface area contributed by atoms with E-state index in [1.807, 2.05) is 44.2 Å². The van der Waals surface area contributed by atoms with Crippen molar-refractivity contribution in [3.8, 4) is 22.5 Å². The van der Waals surface area contributed by atoms with Gasteiger partial charge >= 0.3 is 0 Å². The van der Waals surface area contributed by atoms with Crippen molar-refractivity contribution in [3.05, 3.63) is 65.7 Å². The Balaban J connectivity index is 1.47. The Labute approximate surface area is 178 Å². The summed E-state index contributed by atoms with van der Waals surface area (Å²) in [5.74, 6) is -0.0631. The zero-order valence-electron chi connectivity index (χ0n) is 17.8. The first kappa shape index (κ1) is 20.4. The summed E-state index contributed by atoms with van der Waals surface area (Å²) >= 11 is 0. The van der Waals surface area contributed by atoms with E-state index in [0.717, 1.165) is 29.1 Å². The Morgan fingerprint density at radius 1 is 1.03 bits per heavy atom. The maximum atomic E-state index is 12.3. The van der Waals surface area contributed by atoms with E-state index in [2.05, 4.69) is 44.7 Å². The van der Waals surface area contributed by atoms with Crippen LogP contribution < -0.4 is 5.32 Å². The molecule has 0 unspecified atom stereocenters. The minimum Gasteiger partial charge on any atom is -0.350 e. The molecular formula is C25H30N4O. The number of hydrogen-bond acceptors (Lipinski definition) is 3. The molecule has 0 atom stereocenters. The Kier molecular flexibility index (Phi) is 6.29. The summed E-state index contributed by atoms with van der Waals surface area (Å²) in [5, 5.41) is 10.5. The predicted molar refractivity (Wildman–Crippen MR) is 121 cm³/mol. The fourth-order valence-electron chi connectivity index (χ4n) is 3.95. The maximum absolute atomic E-state index is 12.3. The number of carbonyl (C=O) groups is 1. The summed E-state index contributed by atoms with van der Waals surface area (Å²) in [6.07, 6.45) is 3.99. The predicted octanol–water partition coefficient (Wildman–Crippen LogP) is 4.87. The summed E-state index contributed by atoms with van der Waals surface area (Å²) < 4.78 is 0. The molecule has 1 saturated heterocycles. The average Bonchev–Trinajstić information content (AvgIpc) is 3.25. The van der Waals surface area contributed by atoms with Gasteiger partial charge in [0.25, 0.3) is 5.91 Å². The first-order valence-corrected chi connectivity index (χ1v) is 10.9. The fourth-order valence-corrected chi connectivity index (χ4v) is 3.95. The van der Waals surface area contributed by atoms with E-state index in [-0.39, 0.29) is 11.9 Å². The van der Waals surface area contributed by atoms with Crippen LogP contribution in [0, 0.1) is 0 Å². The van der Waals surface area contributed by atoms with Crippen molar-refractivity contribution in [1.82, 2.24) is 20.4 Å². The third-order valence-corrected chi connectivity index (χ3v) is 5.54. The largest absolute Gasteiger partial charge is 0.350 e. The molecule has 5 nitrogen and oxygen atoms in total. The third kappa shape index (κ3) is 4.97. The molecule has 1 aromatic heterocycles. The van der Waals surface area contributed by atoms with Gasteiger partial charge in [-0.3, -0.25) is 14.8 Å². The summed E-state index contributed by atoms with van der Waals surface area (Å²) in [6.45, 7) is 7.36. The zero-order valence-corrected chi connectivity index (χ0v) is 17.8. The number of rotatable bonds is 6. The smallest absolute Gasteiger partial charge is 0.251 e. The Hall–Kier alpha value is -2.92. The van der Waals surface area contributed by atoms with Gasteiger partial charge in [0, 0.05) is 23.7 Å². The van der Waals surface area contributed by atoms with Crippen LogP contribution in [0.1, 0.15) is 49.0 Å². The maximum Gasteiger partial charge on any atom is 0.251 e. The van der Waals surface area contributed by atoms with E-state index < -0.39 is 0 Å². The Morgan fingerprint density at radius 2 is 1.80 bits per heavy atom. The lowest BCUT2D eigenvalue weighted by Crippen LogP contribution is -2.30. The van der Waals surface area contributed by atoms with Crippen LogP contribution in [0.15, 0.2) is 54.6 Å². The van der Waals surface area contributed by atoms with Crippen molar-refractivity contribution < 1.29 is 4.79 Å². The van der Waals surface area contributed by atoms with Crippen LogP contribution in [0.4, 0.5) is 0 Å². The van der Waals surface area contributed by atoms with Crippen LogP contribution >= 0.6 is 0 Å². The van der Waals surface area contributed by atoms with E-state index in [9.17, 15) is 4.79 Å². The van der Waals surface area contributed by atoms with Crippen molar-refractivity contribution in [3.63, 3.8) is 0 Å². The lowest BCUT2D eigenvalue weighted by molar-refractivity contribution is 0.0943. The van der Waals surface area contributed by atoms with Crippen LogP contribution in [-0.2, 0) is 6.54 Å². The minimum absolute atomic E-state index is 0.0631. The molecule has 0 saturated carbocycles. The van der Waals surface area contributed by atoms with Gasteiger partial charge in [-0.2, -0.15) is 5.10 Å².